The van der Waals surface area contributed by atoms with Crippen molar-refractivity contribution in [1.82, 2.24) is 5.32 Å². The SMILES string of the molecule is Cc1ccc(S(=O)(=O)N(C)c2ccc(C(=O)NCCOc3ccc4ccccc4c3)cc2)cc1. The molecule has 1 N–H and O–H groups in total. The number of amides is 1. The van der Waals surface area contributed by atoms with E-state index >= 15 is 0 Å². The normalized spacial score (nSPS) is 11.2. The molecule has 0 saturated heterocycles. The number of carbonyl (C=O) groups is 1. The summed E-state index contributed by atoms with van der Waals surface area (Å²) in [6.45, 7) is 2.58. The van der Waals surface area contributed by atoms with Crippen molar-refractivity contribution >= 4 is 32.4 Å². The molecule has 0 radical (unpaired) electrons. The Morgan fingerprint density at radius 3 is 2.26 bits per heavy atom. The first-order valence-corrected chi connectivity index (χ1v) is 12.3. The van der Waals surface area contributed by atoms with Gasteiger partial charge in [-0.05, 0) is 66.2 Å². The Labute approximate surface area is 199 Å². The van der Waals surface area contributed by atoms with Gasteiger partial charge in [0.1, 0.15) is 12.4 Å². The van der Waals surface area contributed by atoms with E-state index in [1.807, 2.05) is 49.4 Å². The zero-order chi connectivity index (χ0) is 24.1. The summed E-state index contributed by atoms with van der Waals surface area (Å²) in [5, 5.41) is 5.06. The van der Waals surface area contributed by atoms with Crippen LogP contribution in [0.5, 0.6) is 5.75 Å². The van der Waals surface area contributed by atoms with Gasteiger partial charge in [0.05, 0.1) is 17.1 Å². The predicted molar refractivity (Wildman–Crippen MR) is 135 cm³/mol. The standard InChI is InChI=1S/C27H26N2O4S/c1-20-7-15-26(16-8-20)34(31,32)29(2)24-12-9-22(10-13-24)27(30)28-17-18-33-25-14-11-21-5-3-4-6-23(21)19-25/h3-16,19H,17-18H2,1-2H3,(H,28,30). The third-order valence-electron chi connectivity index (χ3n) is 5.55. The average Bonchev–Trinajstić information content (AvgIpc) is 2.86. The van der Waals surface area contributed by atoms with Crippen molar-refractivity contribution in [3.05, 3.63) is 102 Å². The second kappa shape index (κ2) is 9.97. The van der Waals surface area contributed by atoms with E-state index in [1.165, 1.54) is 11.4 Å². The number of hydrogen-bond acceptors (Lipinski definition) is 4. The third kappa shape index (κ3) is 5.21. The molecule has 4 aromatic carbocycles. The van der Waals surface area contributed by atoms with Crippen molar-refractivity contribution in [2.75, 3.05) is 24.5 Å². The van der Waals surface area contributed by atoms with E-state index in [2.05, 4.69) is 5.32 Å². The van der Waals surface area contributed by atoms with Gasteiger partial charge in [0.2, 0.25) is 0 Å². The summed E-state index contributed by atoms with van der Waals surface area (Å²) >= 11 is 0. The van der Waals surface area contributed by atoms with Crippen LogP contribution in [0.4, 0.5) is 5.69 Å². The molecule has 0 aliphatic carbocycles. The van der Waals surface area contributed by atoms with E-state index in [1.54, 1.807) is 48.5 Å². The molecule has 0 fully saturated rings. The number of rotatable bonds is 8. The molecule has 7 heteroatoms. The smallest absolute Gasteiger partial charge is 0.264 e. The topological polar surface area (TPSA) is 75.7 Å². The largest absolute Gasteiger partial charge is 0.492 e. The Kier molecular flexibility index (Phi) is 6.84. The van der Waals surface area contributed by atoms with Gasteiger partial charge < -0.3 is 10.1 Å². The summed E-state index contributed by atoms with van der Waals surface area (Å²) in [6.07, 6.45) is 0. The highest BCUT2D eigenvalue weighted by Gasteiger charge is 2.21. The number of anilines is 1. The third-order valence-corrected chi connectivity index (χ3v) is 7.35. The van der Waals surface area contributed by atoms with Crippen LogP contribution in [0.2, 0.25) is 0 Å². The molecule has 6 nitrogen and oxygen atoms in total. The second-order valence-corrected chi connectivity index (χ2v) is 9.92. The minimum atomic E-state index is -3.68. The molecule has 34 heavy (non-hydrogen) atoms. The minimum Gasteiger partial charge on any atom is -0.492 e. The first-order valence-electron chi connectivity index (χ1n) is 10.9. The van der Waals surface area contributed by atoms with E-state index in [9.17, 15) is 13.2 Å². The van der Waals surface area contributed by atoms with Gasteiger partial charge in [-0.25, -0.2) is 8.42 Å². The summed E-state index contributed by atoms with van der Waals surface area (Å²) in [4.78, 5) is 12.7. The lowest BCUT2D eigenvalue weighted by molar-refractivity contribution is 0.0947. The maximum atomic E-state index is 12.9. The predicted octanol–water partition coefficient (Wildman–Crippen LogP) is 4.78. The molecule has 174 valence electrons. The Balaban J connectivity index is 1.32. The van der Waals surface area contributed by atoms with Gasteiger partial charge in [0, 0.05) is 12.6 Å². The highest BCUT2D eigenvalue weighted by atomic mass is 32.2. The van der Waals surface area contributed by atoms with E-state index in [0.717, 1.165) is 22.1 Å². The van der Waals surface area contributed by atoms with Crippen LogP contribution in [0.15, 0.2) is 95.9 Å². The molecule has 0 heterocycles. The van der Waals surface area contributed by atoms with E-state index < -0.39 is 10.0 Å². The molecular formula is C27H26N2O4S. The van der Waals surface area contributed by atoms with Crippen molar-refractivity contribution in [3.63, 3.8) is 0 Å². The second-order valence-electron chi connectivity index (χ2n) is 7.95. The molecule has 0 aromatic heterocycles. The van der Waals surface area contributed by atoms with Crippen molar-refractivity contribution in [2.24, 2.45) is 0 Å². The Morgan fingerprint density at radius 2 is 1.56 bits per heavy atom. The van der Waals surface area contributed by atoms with Gasteiger partial charge in [0.25, 0.3) is 15.9 Å². The lowest BCUT2D eigenvalue weighted by Gasteiger charge is -2.20. The van der Waals surface area contributed by atoms with Crippen LogP contribution in [-0.4, -0.2) is 34.5 Å². The lowest BCUT2D eigenvalue weighted by atomic mass is 10.1. The lowest BCUT2D eigenvalue weighted by Crippen LogP contribution is -2.28. The van der Waals surface area contributed by atoms with E-state index in [0.29, 0.717) is 24.4 Å². The van der Waals surface area contributed by atoms with Crippen LogP contribution in [0.25, 0.3) is 10.8 Å². The molecule has 0 unspecified atom stereocenters. The van der Waals surface area contributed by atoms with Gasteiger partial charge >= 0.3 is 0 Å². The summed E-state index contributed by atoms with van der Waals surface area (Å²) in [5.41, 5.74) is 1.90. The number of hydrogen-bond donors (Lipinski definition) is 1. The summed E-state index contributed by atoms with van der Waals surface area (Å²) < 4.78 is 32.7. The van der Waals surface area contributed by atoms with Gasteiger partial charge in [-0.1, -0.05) is 48.0 Å². The fraction of sp³-hybridized carbons (Fsp3) is 0.148. The monoisotopic (exact) mass is 474 g/mol. The van der Waals surface area contributed by atoms with Crippen LogP contribution in [0, 0.1) is 6.92 Å². The molecule has 0 saturated carbocycles. The number of ether oxygens (including phenoxy) is 1. The zero-order valence-electron chi connectivity index (χ0n) is 19.1. The van der Waals surface area contributed by atoms with Crippen molar-refractivity contribution in [1.29, 1.82) is 0 Å². The first kappa shape index (κ1) is 23.3. The van der Waals surface area contributed by atoms with Crippen molar-refractivity contribution < 1.29 is 17.9 Å². The zero-order valence-corrected chi connectivity index (χ0v) is 19.9. The summed E-state index contributed by atoms with van der Waals surface area (Å²) in [7, 11) is -2.19. The van der Waals surface area contributed by atoms with Gasteiger partial charge in [-0.15, -0.1) is 0 Å². The van der Waals surface area contributed by atoms with Crippen molar-refractivity contribution in [3.8, 4) is 5.75 Å². The quantitative estimate of drug-likeness (QED) is 0.373. The summed E-state index contributed by atoms with van der Waals surface area (Å²) in [6, 6.07) is 27.1. The van der Waals surface area contributed by atoms with Gasteiger partial charge in [-0.2, -0.15) is 0 Å². The molecule has 0 atom stereocenters. The fourth-order valence-electron chi connectivity index (χ4n) is 3.52. The number of sulfonamides is 1. The molecule has 0 aliphatic heterocycles. The van der Waals surface area contributed by atoms with Crippen LogP contribution in [-0.2, 0) is 10.0 Å². The Bertz CT molecular complexity index is 1400. The van der Waals surface area contributed by atoms with E-state index in [4.69, 9.17) is 4.74 Å². The van der Waals surface area contributed by atoms with Crippen LogP contribution in [0.1, 0.15) is 15.9 Å². The maximum Gasteiger partial charge on any atom is 0.264 e. The van der Waals surface area contributed by atoms with Crippen molar-refractivity contribution in [2.45, 2.75) is 11.8 Å². The average molecular weight is 475 g/mol. The molecule has 0 bridgehead atoms. The number of fused-ring (bicyclic) bond motifs is 1. The minimum absolute atomic E-state index is 0.217. The maximum absolute atomic E-state index is 12.9. The molecule has 4 rings (SSSR count). The van der Waals surface area contributed by atoms with Gasteiger partial charge in [-0.3, -0.25) is 9.10 Å². The number of carbonyl (C=O) groups excluding carboxylic acids is 1. The first-order chi connectivity index (χ1) is 16.3. The van der Waals surface area contributed by atoms with Crippen LogP contribution in [0.3, 0.4) is 0 Å². The molecule has 4 aromatic rings. The molecule has 0 aliphatic rings. The van der Waals surface area contributed by atoms with Crippen LogP contribution < -0.4 is 14.4 Å². The number of benzene rings is 4. The highest BCUT2D eigenvalue weighted by molar-refractivity contribution is 7.92. The van der Waals surface area contributed by atoms with Crippen LogP contribution >= 0.6 is 0 Å². The Morgan fingerprint density at radius 1 is 0.882 bits per heavy atom. The summed E-state index contributed by atoms with van der Waals surface area (Å²) in [5.74, 6) is 0.493. The highest BCUT2D eigenvalue weighted by Crippen LogP contribution is 2.23. The molecular weight excluding hydrogens is 448 g/mol. The van der Waals surface area contributed by atoms with Gasteiger partial charge in [0.15, 0.2) is 0 Å². The molecule has 0 spiro atoms. The number of nitrogens with one attached hydrogen (secondary N) is 1. The molecule has 1 amide bonds. The fourth-order valence-corrected chi connectivity index (χ4v) is 4.72. The number of aryl methyl sites for hydroxylation is 1. The number of nitrogens with zero attached hydrogens (tertiary/aromatic N) is 1. The van der Waals surface area contributed by atoms with E-state index in [-0.39, 0.29) is 10.8 Å². The Hall–Kier alpha value is -3.84.